The number of amides is 1. The molecule has 1 amide bonds. The highest BCUT2D eigenvalue weighted by atomic mass is 16.1. The first-order valence-electron chi connectivity index (χ1n) is 6.50. The number of carbonyl (C=O) groups is 1. The lowest BCUT2D eigenvalue weighted by atomic mass is 10.1. The van der Waals surface area contributed by atoms with Crippen LogP contribution in [0, 0.1) is 0 Å². The normalized spacial score (nSPS) is 13.2. The molecule has 0 bridgehead atoms. The van der Waals surface area contributed by atoms with Crippen molar-refractivity contribution >= 4 is 23.2 Å². The largest absolute Gasteiger partial charge is 0.325 e. The number of fused-ring (bicyclic) bond motifs is 1. The minimum absolute atomic E-state index is 0.0272. The lowest BCUT2D eigenvalue weighted by Crippen LogP contribution is -2.04. The second-order valence-corrected chi connectivity index (χ2v) is 5.04. The first-order valence-corrected chi connectivity index (χ1v) is 6.50. The monoisotopic (exact) mass is 269 g/mol. The molecule has 1 aromatic heterocycles. The van der Waals surface area contributed by atoms with Crippen LogP contribution in [0.15, 0.2) is 24.5 Å². The first-order chi connectivity index (χ1) is 9.61. The summed E-state index contributed by atoms with van der Waals surface area (Å²) in [4.78, 5) is 23.9. The van der Waals surface area contributed by atoms with Gasteiger partial charge in [-0.3, -0.25) is 4.79 Å². The first kappa shape index (κ1) is 12.5. The highest BCUT2D eigenvalue weighted by molar-refractivity contribution is 5.99. The van der Waals surface area contributed by atoms with Crippen LogP contribution in [0.5, 0.6) is 0 Å². The van der Waals surface area contributed by atoms with Gasteiger partial charge in [-0.05, 0) is 17.7 Å². The van der Waals surface area contributed by atoms with Gasteiger partial charge in [-0.1, -0.05) is 19.9 Å². The van der Waals surface area contributed by atoms with E-state index in [9.17, 15) is 4.79 Å². The summed E-state index contributed by atoms with van der Waals surface area (Å²) in [6.45, 7) is 4.06. The maximum Gasteiger partial charge on any atom is 0.230 e. The molecule has 0 radical (unpaired) electrons. The number of hydrogen-bond donors (Lipinski definition) is 2. The van der Waals surface area contributed by atoms with Gasteiger partial charge in [0.25, 0.3) is 0 Å². The molecule has 0 saturated heterocycles. The van der Waals surface area contributed by atoms with Gasteiger partial charge in [-0.15, -0.1) is 0 Å². The van der Waals surface area contributed by atoms with Gasteiger partial charge in [0.2, 0.25) is 11.9 Å². The average molecular weight is 269 g/mol. The van der Waals surface area contributed by atoms with Gasteiger partial charge in [-0.25, -0.2) is 9.97 Å². The molecule has 102 valence electrons. The van der Waals surface area contributed by atoms with Crippen LogP contribution >= 0.6 is 0 Å². The molecule has 20 heavy (non-hydrogen) atoms. The highest BCUT2D eigenvalue weighted by Gasteiger charge is 2.17. The van der Waals surface area contributed by atoms with E-state index in [1.54, 1.807) is 0 Å². The minimum atomic E-state index is 0.0272. The minimum Gasteiger partial charge on any atom is -0.325 e. The van der Waals surface area contributed by atoms with Gasteiger partial charge >= 0.3 is 0 Å². The summed E-state index contributed by atoms with van der Waals surface area (Å²) in [5.41, 5.74) is 2.70. The van der Waals surface area contributed by atoms with E-state index in [1.807, 2.05) is 32.0 Å². The Morgan fingerprint density at radius 2 is 2.15 bits per heavy atom. The predicted octanol–water partition coefficient (Wildman–Crippen LogP) is 2.23. The van der Waals surface area contributed by atoms with Crippen molar-refractivity contribution in [1.29, 1.82) is 0 Å². The van der Waals surface area contributed by atoms with Crippen molar-refractivity contribution in [2.45, 2.75) is 26.2 Å². The average Bonchev–Trinajstić information content (AvgIpc) is 2.78. The summed E-state index contributed by atoms with van der Waals surface area (Å²) >= 11 is 0. The zero-order valence-corrected chi connectivity index (χ0v) is 11.3. The van der Waals surface area contributed by atoms with E-state index >= 15 is 0 Å². The smallest absolute Gasteiger partial charge is 0.230 e. The zero-order chi connectivity index (χ0) is 14.1. The molecule has 0 saturated carbocycles. The fraction of sp³-hybridized carbons (Fsp3) is 0.286. The van der Waals surface area contributed by atoms with Crippen molar-refractivity contribution in [1.82, 2.24) is 15.0 Å². The Morgan fingerprint density at radius 3 is 2.95 bits per heavy atom. The van der Waals surface area contributed by atoms with Gasteiger partial charge in [0.05, 0.1) is 6.42 Å². The van der Waals surface area contributed by atoms with Gasteiger partial charge < -0.3 is 10.6 Å². The molecule has 0 unspecified atom stereocenters. The molecule has 0 spiro atoms. The molecule has 1 aliphatic heterocycles. The second kappa shape index (κ2) is 4.88. The number of anilines is 3. The van der Waals surface area contributed by atoms with E-state index in [-0.39, 0.29) is 11.8 Å². The van der Waals surface area contributed by atoms with Crippen LogP contribution in [-0.4, -0.2) is 20.9 Å². The van der Waals surface area contributed by atoms with Crippen molar-refractivity contribution in [2.75, 3.05) is 10.6 Å². The molecule has 3 rings (SSSR count). The molecular weight excluding hydrogens is 254 g/mol. The lowest BCUT2D eigenvalue weighted by Gasteiger charge is -2.08. The quantitative estimate of drug-likeness (QED) is 0.893. The van der Waals surface area contributed by atoms with Crippen molar-refractivity contribution in [3.05, 3.63) is 35.9 Å². The Morgan fingerprint density at radius 1 is 1.30 bits per heavy atom. The molecular formula is C14H15N5O. The third-order valence-electron chi connectivity index (χ3n) is 3.10. The second-order valence-electron chi connectivity index (χ2n) is 5.04. The molecule has 6 heteroatoms. The number of rotatable bonds is 3. The summed E-state index contributed by atoms with van der Waals surface area (Å²) in [5.74, 6) is 1.53. The van der Waals surface area contributed by atoms with Gasteiger partial charge in [0, 0.05) is 17.3 Å². The molecule has 6 nitrogen and oxygen atoms in total. The molecule has 1 aliphatic rings. The Labute approximate surface area is 116 Å². The summed E-state index contributed by atoms with van der Waals surface area (Å²) in [6, 6.07) is 5.73. The Hall–Kier alpha value is -2.50. The van der Waals surface area contributed by atoms with Crippen LogP contribution < -0.4 is 10.6 Å². The van der Waals surface area contributed by atoms with Crippen molar-refractivity contribution in [3.63, 3.8) is 0 Å². The van der Waals surface area contributed by atoms with E-state index in [0.29, 0.717) is 12.4 Å². The lowest BCUT2D eigenvalue weighted by molar-refractivity contribution is -0.115. The summed E-state index contributed by atoms with van der Waals surface area (Å²) in [6.07, 6.45) is 1.94. The predicted molar refractivity (Wildman–Crippen MR) is 76.0 cm³/mol. The maximum absolute atomic E-state index is 11.3. The third-order valence-corrected chi connectivity index (χ3v) is 3.10. The summed E-state index contributed by atoms with van der Waals surface area (Å²) in [7, 11) is 0. The van der Waals surface area contributed by atoms with Gasteiger partial charge in [-0.2, -0.15) is 4.98 Å². The number of nitrogens with zero attached hydrogens (tertiary/aromatic N) is 3. The molecule has 2 aromatic rings. The Kier molecular flexibility index (Phi) is 3.06. The summed E-state index contributed by atoms with van der Waals surface area (Å²) in [5, 5.41) is 5.95. The standard InChI is InChI=1S/C14H15N5O/c1-8(2)13-15-7-16-14(19-13)17-10-4-3-9-5-12(20)18-11(9)6-10/h3-4,6-8H,5H2,1-2H3,(H,18,20)(H,15,16,17,19). The van der Waals surface area contributed by atoms with Crippen LogP contribution in [0.1, 0.15) is 31.2 Å². The van der Waals surface area contributed by atoms with Crippen molar-refractivity contribution < 1.29 is 4.79 Å². The van der Waals surface area contributed by atoms with Crippen LogP contribution in [0.2, 0.25) is 0 Å². The Bertz CT molecular complexity index is 668. The summed E-state index contributed by atoms with van der Waals surface area (Å²) < 4.78 is 0. The number of aromatic nitrogens is 3. The molecule has 1 aromatic carbocycles. The van der Waals surface area contributed by atoms with E-state index in [1.165, 1.54) is 6.33 Å². The maximum atomic E-state index is 11.3. The number of carbonyl (C=O) groups excluding carboxylic acids is 1. The van der Waals surface area contributed by atoms with E-state index in [2.05, 4.69) is 25.6 Å². The molecule has 2 N–H and O–H groups in total. The number of nitrogens with one attached hydrogen (secondary N) is 2. The molecule has 0 fully saturated rings. The Balaban J connectivity index is 1.83. The van der Waals surface area contributed by atoms with Crippen LogP contribution in [0.3, 0.4) is 0 Å². The fourth-order valence-corrected chi connectivity index (χ4v) is 2.07. The fourth-order valence-electron chi connectivity index (χ4n) is 2.07. The van der Waals surface area contributed by atoms with Gasteiger partial charge in [0.1, 0.15) is 12.2 Å². The topological polar surface area (TPSA) is 79.8 Å². The molecule has 0 aliphatic carbocycles. The number of benzene rings is 1. The van der Waals surface area contributed by atoms with Crippen molar-refractivity contribution in [2.24, 2.45) is 0 Å². The third kappa shape index (κ3) is 2.45. The van der Waals surface area contributed by atoms with Crippen LogP contribution in [0.4, 0.5) is 17.3 Å². The van der Waals surface area contributed by atoms with Crippen LogP contribution in [-0.2, 0) is 11.2 Å². The van der Waals surface area contributed by atoms with E-state index < -0.39 is 0 Å². The number of hydrogen-bond acceptors (Lipinski definition) is 5. The van der Waals surface area contributed by atoms with E-state index in [0.717, 1.165) is 22.8 Å². The van der Waals surface area contributed by atoms with E-state index in [4.69, 9.17) is 0 Å². The van der Waals surface area contributed by atoms with Crippen LogP contribution in [0.25, 0.3) is 0 Å². The SMILES string of the molecule is CC(C)c1ncnc(Nc2ccc3c(c2)NC(=O)C3)n1. The molecule has 0 atom stereocenters. The van der Waals surface area contributed by atoms with Crippen molar-refractivity contribution in [3.8, 4) is 0 Å². The van der Waals surface area contributed by atoms with Gasteiger partial charge in [0.15, 0.2) is 0 Å². The zero-order valence-electron chi connectivity index (χ0n) is 11.3. The molecule has 2 heterocycles. The highest BCUT2D eigenvalue weighted by Crippen LogP contribution is 2.27.